The van der Waals surface area contributed by atoms with Gasteiger partial charge in [-0.05, 0) is 12.8 Å². The molecule has 1 rings (SSSR count). The second-order valence-electron chi connectivity index (χ2n) is 4.65. The molecule has 0 saturated heterocycles. The summed E-state index contributed by atoms with van der Waals surface area (Å²) in [5.74, 6) is -4.77. The van der Waals surface area contributed by atoms with Crippen LogP contribution >= 0.6 is 0 Å². The molecule has 7 heteroatoms. The Balaban J connectivity index is 2.73. The lowest BCUT2D eigenvalue weighted by Gasteiger charge is -2.21. The SMILES string of the molecule is CCOC(=O)C1=CC(C)C(C(=O)CC(=O)C(F)(F)F)C=C1. The van der Waals surface area contributed by atoms with Gasteiger partial charge in [0.2, 0.25) is 5.78 Å². The lowest BCUT2D eigenvalue weighted by Crippen LogP contribution is -2.30. The summed E-state index contributed by atoms with van der Waals surface area (Å²) in [6.07, 6.45) is -2.07. The minimum absolute atomic E-state index is 0.195. The van der Waals surface area contributed by atoms with Crippen molar-refractivity contribution in [1.82, 2.24) is 0 Å². The molecular formula is C14H15F3O4. The van der Waals surface area contributed by atoms with Crippen LogP contribution in [-0.2, 0) is 19.1 Å². The topological polar surface area (TPSA) is 60.4 Å². The van der Waals surface area contributed by atoms with Crippen LogP contribution < -0.4 is 0 Å². The van der Waals surface area contributed by atoms with Crippen LogP contribution in [-0.4, -0.2) is 30.3 Å². The molecule has 0 radical (unpaired) electrons. The molecule has 2 unspecified atom stereocenters. The fourth-order valence-corrected chi connectivity index (χ4v) is 1.95. The molecule has 0 fully saturated rings. The Kier molecular flexibility index (Phi) is 5.46. The van der Waals surface area contributed by atoms with E-state index in [1.807, 2.05) is 0 Å². The van der Waals surface area contributed by atoms with Crippen LogP contribution in [0.4, 0.5) is 13.2 Å². The zero-order valence-corrected chi connectivity index (χ0v) is 11.6. The van der Waals surface area contributed by atoms with Crippen LogP contribution in [0.5, 0.6) is 0 Å². The molecule has 0 aliphatic heterocycles. The van der Waals surface area contributed by atoms with E-state index in [0.29, 0.717) is 0 Å². The van der Waals surface area contributed by atoms with Crippen molar-refractivity contribution in [3.05, 3.63) is 23.8 Å². The van der Waals surface area contributed by atoms with Crippen LogP contribution in [0.2, 0.25) is 0 Å². The largest absolute Gasteiger partial charge is 0.462 e. The van der Waals surface area contributed by atoms with Crippen molar-refractivity contribution in [3.8, 4) is 0 Å². The molecule has 0 amide bonds. The molecule has 4 nitrogen and oxygen atoms in total. The number of carbonyl (C=O) groups excluding carboxylic acids is 3. The van der Waals surface area contributed by atoms with Gasteiger partial charge in [-0.1, -0.05) is 25.2 Å². The standard InChI is InChI=1S/C14H15F3O4/c1-3-21-13(20)9-4-5-10(8(2)6-9)11(18)7-12(19)14(15,16)17/h4-6,8,10H,3,7H2,1-2H3. The summed E-state index contributed by atoms with van der Waals surface area (Å²) in [4.78, 5) is 34.1. The van der Waals surface area contributed by atoms with Gasteiger partial charge in [0.05, 0.1) is 18.6 Å². The van der Waals surface area contributed by atoms with Crippen LogP contribution in [0.3, 0.4) is 0 Å². The number of Topliss-reactive ketones (excluding diaryl/α,β-unsaturated/α-hetero) is 2. The van der Waals surface area contributed by atoms with Gasteiger partial charge in [-0.3, -0.25) is 9.59 Å². The average molecular weight is 304 g/mol. The van der Waals surface area contributed by atoms with Crippen molar-refractivity contribution in [2.75, 3.05) is 6.61 Å². The van der Waals surface area contributed by atoms with Gasteiger partial charge in [0, 0.05) is 5.92 Å². The van der Waals surface area contributed by atoms with Crippen LogP contribution in [0, 0.1) is 11.8 Å². The van der Waals surface area contributed by atoms with E-state index in [2.05, 4.69) is 0 Å². The third kappa shape index (κ3) is 4.54. The lowest BCUT2D eigenvalue weighted by molar-refractivity contribution is -0.172. The maximum absolute atomic E-state index is 12.1. The van der Waals surface area contributed by atoms with Crippen LogP contribution in [0.15, 0.2) is 23.8 Å². The second kappa shape index (κ2) is 6.69. The van der Waals surface area contributed by atoms with E-state index in [9.17, 15) is 27.6 Å². The number of hydrogen-bond acceptors (Lipinski definition) is 4. The van der Waals surface area contributed by atoms with E-state index in [1.165, 1.54) is 18.2 Å². The summed E-state index contributed by atoms with van der Waals surface area (Å²) in [6.45, 7) is 3.42. The van der Waals surface area contributed by atoms with E-state index < -0.39 is 42.0 Å². The van der Waals surface area contributed by atoms with Crippen molar-refractivity contribution in [2.24, 2.45) is 11.8 Å². The van der Waals surface area contributed by atoms with Gasteiger partial charge < -0.3 is 4.74 Å². The zero-order valence-electron chi connectivity index (χ0n) is 11.6. The van der Waals surface area contributed by atoms with Gasteiger partial charge in [0.25, 0.3) is 0 Å². The highest BCUT2D eigenvalue weighted by Gasteiger charge is 2.40. The molecule has 0 heterocycles. The van der Waals surface area contributed by atoms with Crippen LogP contribution in [0.25, 0.3) is 0 Å². The first kappa shape index (κ1) is 17.1. The van der Waals surface area contributed by atoms with E-state index in [1.54, 1.807) is 13.8 Å². The molecule has 0 N–H and O–H groups in total. The normalized spacial score (nSPS) is 21.7. The highest BCUT2D eigenvalue weighted by atomic mass is 19.4. The molecule has 2 atom stereocenters. The molecule has 0 saturated carbocycles. The molecule has 1 aliphatic rings. The smallest absolute Gasteiger partial charge is 0.450 e. The first-order valence-corrected chi connectivity index (χ1v) is 6.36. The number of ketones is 2. The van der Waals surface area contributed by atoms with E-state index in [4.69, 9.17) is 4.74 Å². The quantitative estimate of drug-likeness (QED) is 0.578. The second-order valence-corrected chi connectivity index (χ2v) is 4.65. The molecule has 0 bridgehead atoms. The monoisotopic (exact) mass is 304 g/mol. The number of allylic oxidation sites excluding steroid dienone is 2. The fourth-order valence-electron chi connectivity index (χ4n) is 1.95. The summed E-state index contributed by atoms with van der Waals surface area (Å²) in [7, 11) is 0. The third-order valence-electron chi connectivity index (χ3n) is 3.03. The number of esters is 1. The highest BCUT2D eigenvalue weighted by molar-refractivity contribution is 6.03. The maximum atomic E-state index is 12.1. The van der Waals surface area contributed by atoms with Gasteiger partial charge in [0.15, 0.2) is 0 Å². The Labute approximate surface area is 119 Å². The fraction of sp³-hybridized carbons (Fsp3) is 0.500. The Bertz CT molecular complexity index is 503. The van der Waals surface area contributed by atoms with Crippen molar-refractivity contribution in [2.45, 2.75) is 26.4 Å². The van der Waals surface area contributed by atoms with E-state index in [-0.39, 0.29) is 12.2 Å². The minimum atomic E-state index is -5.01. The van der Waals surface area contributed by atoms with E-state index >= 15 is 0 Å². The molecule has 116 valence electrons. The number of carbonyl (C=O) groups is 3. The molecule has 0 aromatic carbocycles. The van der Waals surface area contributed by atoms with Gasteiger partial charge in [0.1, 0.15) is 5.78 Å². The average Bonchev–Trinajstić information content (AvgIpc) is 2.37. The number of halogens is 3. The predicted octanol–water partition coefficient (Wildman–Crippen LogP) is 2.39. The first-order chi connectivity index (χ1) is 9.66. The third-order valence-corrected chi connectivity index (χ3v) is 3.03. The summed E-state index contributed by atoms with van der Waals surface area (Å²) in [6, 6.07) is 0. The Morgan fingerprint density at radius 3 is 2.38 bits per heavy atom. The summed E-state index contributed by atoms with van der Waals surface area (Å²) in [5.41, 5.74) is 0.246. The Hall–Kier alpha value is -1.92. The molecule has 0 aromatic heterocycles. The van der Waals surface area contributed by atoms with Gasteiger partial charge in [-0.2, -0.15) is 13.2 Å². The summed E-state index contributed by atoms with van der Waals surface area (Å²) >= 11 is 0. The molecule has 0 aromatic rings. The van der Waals surface area contributed by atoms with Crippen molar-refractivity contribution >= 4 is 17.5 Å². The Morgan fingerprint density at radius 1 is 1.29 bits per heavy atom. The van der Waals surface area contributed by atoms with Crippen LogP contribution in [0.1, 0.15) is 20.3 Å². The number of hydrogen-bond donors (Lipinski definition) is 0. The maximum Gasteiger partial charge on any atom is 0.450 e. The minimum Gasteiger partial charge on any atom is -0.462 e. The first-order valence-electron chi connectivity index (χ1n) is 6.36. The van der Waals surface area contributed by atoms with Crippen molar-refractivity contribution < 1.29 is 32.3 Å². The Morgan fingerprint density at radius 2 is 1.90 bits per heavy atom. The predicted molar refractivity (Wildman–Crippen MR) is 67.2 cm³/mol. The molecule has 21 heavy (non-hydrogen) atoms. The van der Waals surface area contributed by atoms with Gasteiger partial charge in [-0.15, -0.1) is 0 Å². The lowest BCUT2D eigenvalue weighted by atomic mass is 9.82. The molecule has 1 aliphatic carbocycles. The molecule has 0 spiro atoms. The van der Waals surface area contributed by atoms with Crippen molar-refractivity contribution in [1.29, 1.82) is 0 Å². The zero-order chi connectivity index (χ0) is 16.2. The van der Waals surface area contributed by atoms with E-state index in [0.717, 1.165) is 0 Å². The number of ether oxygens (including phenoxy) is 1. The number of rotatable bonds is 5. The van der Waals surface area contributed by atoms with Gasteiger partial charge >= 0.3 is 12.1 Å². The summed E-state index contributed by atoms with van der Waals surface area (Å²) in [5, 5.41) is 0. The highest BCUT2D eigenvalue weighted by Crippen LogP contribution is 2.27. The number of alkyl halides is 3. The summed E-state index contributed by atoms with van der Waals surface area (Å²) < 4.78 is 41.2. The molecular weight excluding hydrogens is 289 g/mol. The van der Waals surface area contributed by atoms with Crippen molar-refractivity contribution in [3.63, 3.8) is 0 Å². The van der Waals surface area contributed by atoms with Gasteiger partial charge in [-0.25, -0.2) is 4.79 Å².